The van der Waals surface area contributed by atoms with Crippen LogP contribution < -0.4 is 28.5 Å². The topological polar surface area (TPSA) is 13.1 Å². The van der Waals surface area contributed by atoms with E-state index in [1.54, 1.807) is 11.3 Å². The third-order valence-electron chi connectivity index (χ3n) is 6.62. The fourth-order valence-corrected chi connectivity index (χ4v) is 5.08. The summed E-state index contributed by atoms with van der Waals surface area (Å²) in [6.07, 6.45) is 33.4. The number of aromatic nitrogens is 1. The maximum absolute atomic E-state index is 5.78. The Morgan fingerprint density at radius 1 is 0.545 bits per heavy atom. The molecule has 0 bridgehead atoms. The van der Waals surface area contributed by atoms with Crippen LogP contribution in [0.3, 0.4) is 0 Å². The van der Waals surface area contributed by atoms with Gasteiger partial charge in [0.15, 0.2) is 6.20 Å². The Morgan fingerprint density at radius 3 is 1.33 bits per heavy atom. The summed E-state index contributed by atoms with van der Waals surface area (Å²) in [4.78, 5) is 0. The number of hydrogen-bond donors (Lipinski definition) is 0. The molecular formula is C29H56INOS. The SMILES string of the molecule is CCCCCCCCCCCCCCCCCCCCCCOCCCC[n+]1ccsc1.[I-]. The van der Waals surface area contributed by atoms with E-state index in [4.69, 9.17) is 4.74 Å². The summed E-state index contributed by atoms with van der Waals surface area (Å²) in [6, 6.07) is 0. The Hall–Kier alpha value is 0.320. The molecule has 0 aliphatic heterocycles. The summed E-state index contributed by atoms with van der Waals surface area (Å²) in [6.45, 7) is 5.33. The molecule has 0 N–H and O–H groups in total. The van der Waals surface area contributed by atoms with Crippen molar-refractivity contribution in [2.45, 2.75) is 155 Å². The molecule has 0 aromatic carbocycles. The highest BCUT2D eigenvalue weighted by molar-refractivity contribution is 7.07. The van der Waals surface area contributed by atoms with Crippen molar-refractivity contribution < 1.29 is 33.3 Å². The van der Waals surface area contributed by atoms with Crippen LogP contribution in [-0.2, 0) is 11.3 Å². The first-order chi connectivity index (χ1) is 15.9. The number of nitrogens with zero attached hydrogens (tertiary/aromatic N) is 1. The normalized spacial score (nSPS) is 11.1. The molecule has 0 aliphatic rings. The molecule has 0 saturated heterocycles. The van der Waals surface area contributed by atoms with Crippen molar-refractivity contribution in [1.82, 2.24) is 0 Å². The smallest absolute Gasteiger partial charge is 0.224 e. The van der Waals surface area contributed by atoms with E-state index in [9.17, 15) is 0 Å². The molecule has 0 radical (unpaired) electrons. The molecule has 1 rings (SSSR count). The van der Waals surface area contributed by atoms with Gasteiger partial charge in [-0.05, 0) is 12.8 Å². The minimum absolute atomic E-state index is 0. The Morgan fingerprint density at radius 2 is 0.939 bits per heavy atom. The molecule has 33 heavy (non-hydrogen) atoms. The van der Waals surface area contributed by atoms with Crippen LogP contribution in [0.15, 0.2) is 17.1 Å². The predicted octanol–water partition coefficient (Wildman–Crippen LogP) is 6.66. The molecule has 0 aliphatic carbocycles. The molecule has 4 heteroatoms. The molecule has 2 nitrogen and oxygen atoms in total. The van der Waals surface area contributed by atoms with E-state index >= 15 is 0 Å². The van der Waals surface area contributed by atoms with Crippen LogP contribution in [0.1, 0.15) is 148 Å². The first-order valence-corrected chi connectivity index (χ1v) is 15.4. The highest BCUT2D eigenvalue weighted by Gasteiger charge is 1.99. The van der Waals surface area contributed by atoms with Gasteiger partial charge in [-0.25, -0.2) is 0 Å². The Labute approximate surface area is 228 Å². The van der Waals surface area contributed by atoms with Crippen LogP contribution in [0.25, 0.3) is 0 Å². The number of ether oxygens (including phenoxy) is 1. The molecule has 0 amide bonds. The van der Waals surface area contributed by atoms with Gasteiger partial charge in [0.2, 0.25) is 5.51 Å². The van der Waals surface area contributed by atoms with Crippen molar-refractivity contribution in [3.05, 3.63) is 17.1 Å². The molecular weight excluding hydrogens is 537 g/mol. The summed E-state index contributed by atoms with van der Waals surface area (Å²) < 4.78 is 8.05. The van der Waals surface area contributed by atoms with Crippen LogP contribution in [0.2, 0.25) is 0 Å². The third kappa shape index (κ3) is 25.2. The van der Waals surface area contributed by atoms with E-state index < -0.39 is 0 Å². The van der Waals surface area contributed by atoms with Gasteiger partial charge in [-0.2, -0.15) is 4.57 Å². The van der Waals surface area contributed by atoms with Crippen LogP contribution >= 0.6 is 11.3 Å². The first kappa shape index (κ1) is 33.3. The predicted molar refractivity (Wildman–Crippen MR) is 143 cm³/mol. The molecule has 0 fully saturated rings. The number of unbranched alkanes of at least 4 members (excludes halogenated alkanes) is 20. The zero-order valence-corrected chi connectivity index (χ0v) is 25.0. The fourth-order valence-electron chi connectivity index (χ4n) is 4.45. The van der Waals surface area contributed by atoms with Crippen molar-refractivity contribution in [3.63, 3.8) is 0 Å². The maximum Gasteiger partial charge on any atom is 0.224 e. The van der Waals surface area contributed by atoms with E-state index in [1.165, 1.54) is 141 Å². The molecule has 1 aromatic heterocycles. The lowest BCUT2D eigenvalue weighted by Gasteiger charge is -2.05. The molecule has 0 saturated carbocycles. The van der Waals surface area contributed by atoms with Gasteiger partial charge >= 0.3 is 0 Å². The van der Waals surface area contributed by atoms with Gasteiger partial charge in [-0.15, -0.1) is 0 Å². The van der Waals surface area contributed by atoms with Crippen LogP contribution in [0.4, 0.5) is 0 Å². The van der Waals surface area contributed by atoms with E-state index in [0.29, 0.717) is 0 Å². The second-order valence-electron chi connectivity index (χ2n) is 9.80. The Bertz CT molecular complexity index is 454. The highest BCUT2D eigenvalue weighted by Crippen LogP contribution is 2.14. The lowest BCUT2D eigenvalue weighted by atomic mass is 10.0. The minimum Gasteiger partial charge on any atom is -1.00 e. The van der Waals surface area contributed by atoms with Crippen LogP contribution in [-0.4, -0.2) is 13.2 Å². The van der Waals surface area contributed by atoms with Crippen LogP contribution in [0.5, 0.6) is 0 Å². The van der Waals surface area contributed by atoms with Gasteiger partial charge < -0.3 is 28.7 Å². The van der Waals surface area contributed by atoms with Gasteiger partial charge in [-0.3, -0.25) is 0 Å². The number of hydrogen-bond acceptors (Lipinski definition) is 2. The summed E-state index contributed by atoms with van der Waals surface area (Å²) in [5.74, 6) is 0. The summed E-state index contributed by atoms with van der Waals surface area (Å²) in [7, 11) is 0. The maximum atomic E-state index is 5.78. The van der Waals surface area contributed by atoms with Crippen molar-refractivity contribution in [1.29, 1.82) is 0 Å². The first-order valence-electron chi connectivity index (χ1n) is 14.4. The van der Waals surface area contributed by atoms with Gasteiger partial charge in [0.05, 0.1) is 5.38 Å². The summed E-state index contributed by atoms with van der Waals surface area (Å²) in [5, 5.41) is 2.14. The molecule has 0 atom stereocenters. The quantitative estimate of drug-likeness (QED) is 0.0666. The largest absolute Gasteiger partial charge is 1.00 e. The lowest BCUT2D eigenvalue weighted by molar-refractivity contribution is -0.692. The average Bonchev–Trinajstić information content (AvgIpc) is 3.32. The summed E-state index contributed by atoms with van der Waals surface area (Å²) >= 11 is 1.76. The van der Waals surface area contributed by atoms with Crippen molar-refractivity contribution >= 4 is 11.3 Å². The van der Waals surface area contributed by atoms with E-state index in [2.05, 4.69) is 28.6 Å². The van der Waals surface area contributed by atoms with Crippen LogP contribution in [0, 0.1) is 0 Å². The van der Waals surface area contributed by atoms with E-state index in [-0.39, 0.29) is 24.0 Å². The number of thiazole rings is 1. The fraction of sp³-hybridized carbons (Fsp3) is 0.897. The van der Waals surface area contributed by atoms with Crippen molar-refractivity contribution in [2.75, 3.05) is 13.2 Å². The second-order valence-corrected chi connectivity index (χ2v) is 10.6. The molecule has 0 unspecified atom stereocenters. The molecule has 1 aromatic rings. The number of aryl methyl sites for hydroxylation is 1. The van der Waals surface area contributed by atoms with Gasteiger partial charge in [0.25, 0.3) is 0 Å². The number of rotatable bonds is 26. The number of halogens is 1. The van der Waals surface area contributed by atoms with E-state index in [1.807, 2.05) is 0 Å². The van der Waals surface area contributed by atoms with Gasteiger partial charge in [0.1, 0.15) is 6.54 Å². The van der Waals surface area contributed by atoms with E-state index in [0.717, 1.165) is 19.8 Å². The van der Waals surface area contributed by atoms with Gasteiger partial charge in [0, 0.05) is 19.6 Å². The Kier molecular flexibility index (Phi) is 28.8. The molecule has 1 heterocycles. The summed E-state index contributed by atoms with van der Waals surface area (Å²) in [5.41, 5.74) is 2.18. The van der Waals surface area contributed by atoms with Crippen molar-refractivity contribution in [2.24, 2.45) is 0 Å². The zero-order valence-electron chi connectivity index (χ0n) is 22.1. The third-order valence-corrected chi connectivity index (χ3v) is 7.30. The second kappa shape index (κ2) is 28.6. The van der Waals surface area contributed by atoms with Gasteiger partial charge in [-0.1, -0.05) is 140 Å². The average molecular weight is 594 g/mol. The molecule has 196 valence electrons. The monoisotopic (exact) mass is 593 g/mol. The standard InChI is InChI=1S/C29H56NOS.HI/c1-2-3-4-5-6-7-8-9-10-11-12-13-14-15-16-17-18-19-20-22-26-31-27-23-21-24-30-25-28-32-29-30;/h25,28-29H,2-24,26-27H2,1H3;1H/q+1;/p-1. The van der Waals surface area contributed by atoms with Crippen molar-refractivity contribution in [3.8, 4) is 0 Å². The molecule has 0 spiro atoms. The minimum atomic E-state index is 0. The zero-order chi connectivity index (χ0) is 22.8. The lowest BCUT2D eigenvalue weighted by Crippen LogP contribution is -3.00. The Balaban J connectivity index is 0.0000102. The highest BCUT2D eigenvalue weighted by atomic mass is 127.